The van der Waals surface area contributed by atoms with Gasteiger partial charge in [0.15, 0.2) is 0 Å². The summed E-state index contributed by atoms with van der Waals surface area (Å²) in [4.78, 5) is 10.4. The van der Waals surface area contributed by atoms with Crippen LogP contribution in [-0.4, -0.2) is 56.9 Å². The smallest absolute Gasteiger partial charge is 0.303 e. The predicted molar refractivity (Wildman–Crippen MR) is 90.7 cm³/mol. The standard InChI is InChI=1S/C18H32O6/c1-2-16-15(21)12-17(24-16)14(20)11-10-13(19)8-6-4-3-5-7-9-18(22)23/h10-11,13-17,19-21H,2-9,12H2,1H3,(H,22,23)/b11-10+/t13-,14+,15-,16+,17-/m0/s1. The van der Waals surface area contributed by atoms with Crippen molar-refractivity contribution >= 4 is 5.97 Å². The van der Waals surface area contributed by atoms with Crippen LogP contribution in [0.15, 0.2) is 12.2 Å². The maximum atomic E-state index is 10.4. The summed E-state index contributed by atoms with van der Waals surface area (Å²) in [5, 5.41) is 38.3. The fourth-order valence-electron chi connectivity index (χ4n) is 2.97. The van der Waals surface area contributed by atoms with Crippen LogP contribution in [0.5, 0.6) is 0 Å². The minimum atomic E-state index is -0.818. The lowest BCUT2D eigenvalue weighted by atomic mass is 10.0. The Morgan fingerprint density at radius 3 is 2.46 bits per heavy atom. The quantitative estimate of drug-likeness (QED) is 0.319. The van der Waals surface area contributed by atoms with Gasteiger partial charge in [-0.2, -0.15) is 0 Å². The Labute approximate surface area is 144 Å². The highest BCUT2D eigenvalue weighted by atomic mass is 16.5. The molecular weight excluding hydrogens is 312 g/mol. The minimum Gasteiger partial charge on any atom is -0.481 e. The summed E-state index contributed by atoms with van der Waals surface area (Å²) < 4.78 is 5.60. The molecule has 0 aromatic carbocycles. The van der Waals surface area contributed by atoms with Crippen molar-refractivity contribution < 1.29 is 30.0 Å². The number of carbonyl (C=O) groups is 1. The number of carboxylic acids is 1. The first kappa shape index (κ1) is 21.1. The zero-order valence-corrected chi connectivity index (χ0v) is 14.5. The van der Waals surface area contributed by atoms with Crippen LogP contribution in [0.25, 0.3) is 0 Å². The van der Waals surface area contributed by atoms with Crippen molar-refractivity contribution in [3.63, 3.8) is 0 Å². The molecule has 0 spiro atoms. The average Bonchev–Trinajstić information content (AvgIpc) is 2.92. The van der Waals surface area contributed by atoms with Crippen molar-refractivity contribution in [2.24, 2.45) is 0 Å². The van der Waals surface area contributed by atoms with Crippen molar-refractivity contribution in [1.82, 2.24) is 0 Å². The highest BCUT2D eigenvalue weighted by Gasteiger charge is 2.35. The Morgan fingerprint density at radius 2 is 1.83 bits per heavy atom. The Hall–Kier alpha value is -0.950. The van der Waals surface area contributed by atoms with Crippen LogP contribution in [0.2, 0.25) is 0 Å². The summed E-state index contributed by atoms with van der Waals surface area (Å²) in [6.07, 6.45) is 6.92. The van der Waals surface area contributed by atoms with Crippen molar-refractivity contribution in [3.05, 3.63) is 12.2 Å². The Morgan fingerprint density at radius 1 is 1.17 bits per heavy atom. The summed E-state index contributed by atoms with van der Waals surface area (Å²) in [7, 11) is 0. The van der Waals surface area contributed by atoms with Gasteiger partial charge in [-0.1, -0.05) is 44.8 Å². The van der Waals surface area contributed by atoms with Crippen LogP contribution < -0.4 is 0 Å². The average molecular weight is 344 g/mol. The van der Waals surface area contributed by atoms with E-state index in [1.807, 2.05) is 6.92 Å². The zero-order valence-electron chi connectivity index (χ0n) is 14.5. The molecule has 0 saturated carbocycles. The monoisotopic (exact) mass is 344 g/mol. The third kappa shape index (κ3) is 8.24. The van der Waals surface area contributed by atoms with Gasteiger partial charge in [0, 0.05) is 12.8 Å². The van der Waals surface area contributed by atoms with Crippen molar-refractivity contribution in [2.45, 2.75) is 95.2 Å². The fourth-order valence-corrected chi connectivity index (χ4v) is 2.97. The van der Waals surface area contributed by atoms with Gasteiger partial charge in [-0.05, 0) is 19.3 Å². The van der Waals surface area contributed by atoms with Crippen LogP contribution in [0.1, 0.15) is 64.7 Å². The van der Waals surface area contributed by atoms with E-state index >= 15 is 0 Å². The molecule has 1 fully saturated rings. The molecular formula is C18H32O6. The molecule has 24 heavy (non-hydrogen) atoms. The Balaban J connectivity index is 2.12. The second-order valence-electron chi connectivity index (χ2n) is 6.57. The summed E-state index contributed by atoms with van der Waals surface area (Å²) in [5.41, 5.74) is 0. The second kappa shape index (κ2) is 11.6. The predicted octanol–water partition coefficient (Wildman–Crippen LogP) is 2.01. The number of ether oxygens (including phenoxy) is 1. The molecule has 1 aliphatic rings. The Kier molecular flexibility index (Phi) is 10.2. The van der Waals surface area contributed by atoms with Gasteiger partial charge in [0.05, 0.1) is 30.5 Å². The topological polar surface area (TPSA) is 107 Å². The third-order valence-corrected chi connectivity index (χ3v) is 4.46. The lowest BCUT2D eigenvalue weighted by molar-refractivity contribution is -0.137. The first-order chi connectivity index (χ1) is 11.4. The molecule has 1 rings (SSSR count). The van der Waals surface area contributed by atoms with Gasteiger partial charge < -0.3 is 25.2 Å². The molecule has 0 radical (unpaired) electrons. The number of rotatable bonds is 12. The first-order valence-electron chi connectivity index (χ1n) is 9.03. The molecule has 0 aromatic rings. The maximum absolute atomic E-state index is 10.4. The second-order valence-corrected chi connectivity index (χ2v) is 6.57. The highest BCUT2D eigenvalue weighted by molar-refractivity contribution is 5.66. The summed E-state index contributed by atoms with van der Waals surface area (Å²) in [5.74, 6) is -0.752. The largest absolute Gasteiger partial charge is 0.481 e. The molecule has 0 amide bonds. The van der Waals surface area contributed by atoms with E-state index < -0.39 is 30.4 Å². The summed E-state index contributed by atoms with van der Waals surface area (Å²) in [6, 6.07) is 0. The molecule has 140 valence electrons. The molecule has 0 aromatic heterocycles. The SMILES string of the molecule is CC[C@H]1O[C@H]([C@H](O)/C=C/[C@@H](O)CCCCCCCC(=O)O)C[C@@H]1O. The van der Waals surface area contributed by atoms with Gasteiger partial charge in [-0.3, -0.25) is 4.79 Å². The number of carboxylic acid groups (broad SMARTS) is 1. The van der Waals surface area contributed by atoms with E-state index in [0.717, 1.165) is 25.7 Å². The van der Waals surface area contributed by atoms with E-state index in [1.54, 1.807) is 12.2 Å². The van der Waals surface area contributed by atoms with Gasteiger partial charge in [0.25, 0.3) is 0 Å². The lowest BCUT2D eigenvalue weighted by Crippen LogP contribution is -2.24. The number of hydrogen-bond donors (Lipinski definition) is 4. The molecule has 6 heteroatoms. The van der Waals surface area contributed by atoms with E-state index in [9.17, 15) is 20.1 Å². The Bertz CT molecular complexity index is 384. The van der Waals surface area contributed by atoms with E-state index in [4.69, 9.17) is 9.84 Å². The van der Waals surface area contributed by atoms with E-state index in [-0.39, 0.29) is 12.5 Å². The van der Waals surface area contributed by atoms with Gasteiger partial charge in [0.2, 0.25) is 0 Å². The van der Waals surface area contributed by atoms with Crippen molar-refractivity contribution in [2.75, 3.05) is 0 Å². The van der Waals surface area contributed by atoms with E-state index in [0.29, 0.717) is 25.7 Å². The maximum Gasteiger partial charge on any atom is 0.303 e. The van der Waals surface area contributed by atoms with Crippen LogP contribution in [-0.2, 0) is 9.53 Å². The molecule has 0 unspecified atom stereocenters. The fraction of sp³-hybridized carbons (Fsp3) is 0.833. The van der Waals surface area contributed by atoms with Crippen molar-refractivity contribution in [1.29, 1.82) is 0 Å². The number of aliphatic carboxylic acids is 1. The number of hydrogen-bond acceptors (Lipinski definition) is 5. The third-order valence-electron chi connectivity index (χ3n) is 4.46. The molecule has 5 atom stereocenters. The van der Waals surface area contributed by atoms with Crippen LogP contribution in [0.3, 0.4) is 0 Å². The molecule has 0 aliphatic carbocycles. The zero-order chi connectivity index (χ0) is 17.9. The molecule has 0 bridgehead atoms. The van der Waals surface area contributed by atoms with Crippen molar-refractivity contribution in [3.8, 4) is 0 Å². The minimum absolute atomic E-state index is 0.218. The molecule has 4 N–H and O–H groups in total. The van der Waals surface area contributed by atoms with Crippen LogP contribution >= 0.6 is 0 Å². The highest BCUT2D eigenvalue weighted by Crippen LogP contribution is 2.25. The molecule has 6 nitrogen and oxygen atoms in total. The van der Waals surface area contributed by atoms with Crippen LogP contribution in [0.4, 0.5) is 0 Å². The first-order valence-corrected chi connectivity index (χ1v) is 9.03. The van der Waals surface area contributed by atoms with Crippen LogP contribution in [0, 0.1) is 0 Å². The lowest BCUT2D eigenvalue weighted by Gasteiger charge is -2.16. The molecule has 1 aliphatic heterocycles. The summed E-state index contributed by atoms with van der Waals surface area (Å²) in [6.45, 7) is 1.93. The van der Waals surface area contributed by atoms with Gasteiger partial charge in [-0.25, -0.2) is 0 Å². The number of aliphatic hydroxyl groups is 3. The van der Waals surface area contributed by atoms with Gasteiger partial charge in [0.1, 0.15) is 0 Å². The number of aliphatic hydroxyl groups excluding tert-OH is 3. The molecule has 1 saturated heterocycles. The van der Waals surface area contributed by atoms with E-state index in [1.165, 1.54) is 0 Å². The normalized spacial score (nSPS) is 26.8. The van der Waals surface area contributed by atoms with Gasteiger partial charge >= 0.3 is 5.97 Å². The number of unbranched alkanes of at least 4 members (excludes halogenated alkanes) is 4. The van der Waals surface area contributed by atoms with Gasteiger partial charge in [-0.15, -0.1) is 0 Å². The van der Waals surface area contributed by atoms with E-state index in [2.05, 4.69) is 0 Å². The molecule has 1 heterocycles. The summed E-state index contributed by atoms with van der Waals surface area (Å²) >= 11 is 0.